The minimum Gasteiger partial charge on any atom is -0.466 e. The summed E-state index contributed by atoms with van der Waals surface area (Å²) in [5.74, 6) is 3.16. The van der Waals surface area contributed by atoms with Crippen LogP contribution >= 0.6 is 11.8 Å². The molecule has 2 N–H and O–H groups in total. The van der Waals surface area contributed by atoms with E-state index >= 15 is 0 Å². The van der Waals surface area contributed by atoms with E-state index < -0.39 is 5.60 Å². The number of hydrogen-bond donors (Lipinski definition) is 2. The number of carbonyl (C=O) groups is 1. The molecule has 0 bridgehead atoms. The largest absolute Gasteiger partial charge is 0.466 e. The van der Waals surface area contributed by atoms with Crippen LogP contribution in [0.5, 0.6) is 0 Å². The SMILES string of the molecule is Cc1oc(C)c(C(=O)NCC2(O)CCSCC2)c1C. The molecule has 2 heterocycles. The first-order valence-electron chi connectivity index (χ1n) is 6.58. The zero-order valence-corrected chi connectivity index (χ0v) is 12.5. The Morgan fingerprint density at radius 2 is 1.95 bits per heavy atom. The third-order valence-corrected chi connectivity index (χ3v) is 4.78. The molecule has 5 heteroatoms. The summed E-state index contributed by atoms with van der Waals surface area (Å²) in [7, 11) is 0. The second-order valence-corrected chi connectivity index (χ2v) is 6.46. The molecule has 106 valence electrons. The van der Waals surface area contributed by atoms with E-state index in [9.17, 15) is 9.90 Å². The van der Waals surface area contributed by atoms with E-state index in [1.807, 2.05) is 25.6 Å². The van der Waals surface area contributed by atoms with Crippen LogP contribution in [0.25, 0.3) is 0 Å². The van der Waals surface area contributed by atoms with Gasteiger partial charge >= 0.3 is 0 Å². The summed E-state index contributed by atoms with van der Waals surface area (Å²) in [5.41, 5.74) is 0.731. The quantitative estimate of drug-likeness (QED) is 0.892. The van der Waals surface area contributed by atoms with E-state index in [1.165, 1.54) is 0 Å². The van der Waals surface area contributed by atoms with Gasteiger partial charge in [0, 0.05) is 12.1 Å². The second-order valence-electron chi connectivity index (χ2n) is 5.23. The van der Waals surface area contributed by atoms with Crippen LogP contribution in [-0.4, -0.2) is 34.7 Å². The van der Waals surface area contributed by atoms with Gasteiger partial charge in [-0.2, -0.15) is 11.8 Å². The fourth-order valence-electron chi connectivity index (χ4n) is 2.39. The zero-order chi connectivity index (χ0) is 14.0. The van der Waals surface area contributed by atoms with Gasteiger partial charge in [0.15, 0.2) is 0 Å². The van der Waals surface area contributed by atoms with Crippen LogP contribution < -0.4 is 5.32 Å². The third-order valence-electron chi connectivity index (χ3n) is 3.79. The summed E-state index contributed by atoms with van der Waals surface area (Å²) in [6.07, 6.45) is 1.47. The van der Waals surface area contributed by atoms with Gasteiger partial charge in [0.1, 0.15) is 11.5 Å². The van der Waals surface area contributed by atoms with Crippen molar-refractivity contribution in [3.05, 3.63) is 22.6 Å². The van der Waals surface area contributed by atoms with Crippen LogP contribution in [0.3, 0.4) is 0 Å². The van der Waals surface area contributed by atoms with E-state index in [4.69, 9.17) is 4.42 Å². The summed E-state index contributed by atoms with van der Waals surface area (Å²) in [6.45, 7) is 5.84. The van der Waals surface area contributed by atoms with Crippen LogP contribution in [0.4, 0.5) is 0 Å². The Labute approximate surface area is 117 Å². The fraction of sp³-hybridized carbons (Fsp3) is 0.643. The van der Waals surface area contributed by atoms with Gasteiger partial charge in [-0.1, -0.05) is 0 Å². The van der Waals surface area contributed by atoms with Gasteiger partial charge in [-0.3, -0.25) is 4.79 Å². The van der Waals surface area contributed by atoms with Gasteiger partial charge < -0.3 is 14.8 Å². The van der Waals surface area contributed by atoms with Crippen molar-refractivity contribution >= 4 is 17.7 Å². The second kappa shape index (κ2) is 5.59. The molecule has 0 saturated carbocycles. The fourth-order valence-corrected chi connectivity index (χ4v) is 3.64. The summed E-state index contributed by atoms with van der Waals surface area (Å²) >= 11 is 1.85. The Hall–Kier alpha value is -0.940. The maximum atomic E-state index is 12.2. The molecule has 0 aliphatic carbocycles. The lowest BCUT2D eigenvalue weighted by Gasteiger charge is -2.31. The molecule has 4 nitrogen and oxygen atoms in total. The van der Waals surface area contributed by atoms with E-state index in [0.29, 0.717) is 17.9 Å². The van der Waals surface area contributed by atoms with Crippen molar-refractivity contribution in [3.63, 3.8) is 0 Å². The van der Waals surface area contributed by atoms with Gasteiger partial charge in [0.05, 0.1) is 11.2 Å². The number of hydrogen-bond acceptors (Lipinski definition) is 4. The average molecular weight is 283 g/mol. The number of carbonyl (C=O) groups excluding carboxylic acids is 1. The Morgan fingerprint density at radius 3 is 2.47 bits per heavy atom. The molecule has 0 atom stereocenters. The molecule has 1 aromatic rings. The Kier molecular flexibility index (Phi) is 4.26. The molecule has 1 aliphatic heterocycles. The highest BCUT2D eigenvalue weighted by Crippen LogP contribution is 2.26. The molecular weight excluding hydrogens is 262 g/mol. The maximum absolute atomic E-state index is 12.2. The Bertz CT molecular complexity index is 475. The lowest BCUT2D eigenvalue weighted by molar-refractivity contribution is 0.0311. The van der Waals surface area contributed by atoms with Crippen molar-refractivity contribution in [2.24, 2.45) is 0 Å². The molecule has 1 saturated heterocycles. The van der Waals surface area contributed by atoms with E-state index in [-0.39, 0.29) is 5.91 Å². The summed E-state index contributed by atoms with van der Waals surface area (Å²) in [4.78, 5) is 12.2. The molecule has 0 radical (unpaired) electrons. The molecule has 1 fully saturated rings. The van der Waals surface area contributed by atoms with Crippen LogP contribution in [0.15, 0.2) is 4.42 Å². The van der Waals surface area contributed by atoms with Gasteiger partial charge in [0.2, 0.25) is 0 Å². The van der Waals surface area contributed by atoms with Crippen molar-refractivity contribution in [3.8, 4) is 0 Å². The van der Waals surface area contributed by atoms with Crippen molar-refractivity contribution in [2.75, 3.05) is 18.1 Å². The third kappa shape index (κ3) is 3.15. The highest BCUT2D eigenvalue weighted by molar-refractivity contribution is 7.99. The molecular formula is C14H21NO3S. The van der Waals surface area contributed by atoms with Gasteiger partial charge in [-0.05, 0) is 45.1 Å². The van der Waals surface area contributed by atoms with Crippen LogP contribution in [-0.2, 0) is 0 Å². The maximum Gasteiger partial charge on any atom is 0.255 e. The van der Waals surface area contributed by atoms with Crippen LogP contribution in [0, 0.1) is 20.8 Å². The molecule has 0 spiro atoms. The lowest BCUT2D eigenvalue weighted by atomic mass is 9.96. The lowest BCUT2D eigenvalue weighted by Crippen LogP contribution is -2.45. The number of thioether (sulfide) groups is 1. The van der Waals surface area contributed by atoms with E-state index in [0.717, 1.165) is 35.7 Å². The predicted molar refractivity (Wildman–Crippen MR) is 76.8 cm³/mol. The van der Waals surface area contributed by atoms with Crippen LogP contribution in [0.1, 0.15) is 40.3 Å². The highest BCUT2D eigenvalue weighted by Gasteiger charge is 2.30. The molecule has 1 aliphatic rings. The Morgan fingerprint density at radius 1 is 1.32 bits per heavy atom. The minimum absolute atomic E-state index is 0.154. The standard InChI is InChI=1S/C14H21NO3S/c1-9-10(2)18-11(3)12(9)13(16)15-8-14(17)4-6-19-7-5-14/h17H,4-8H2,1-3H3,(H,15,16). The van der Waals surface area contributed by atoms with Gasteiger partial charge in [-0.25, -0.2) is 0 Å². The highest BCUT2D eigenvalue weighted by atomic mass is 32.2. The van der Waals surface area contributed by atoms with Crippen LogP contribution in [0.2, 0.25) is 0 Å². The number of aliphatic hydroxyl groups is 1. The molecule has 0 unspecified atom stereocenters. The van der Waals surface area contributed by atoms with E-state index in [1.54, 1.807) is 6.92 Å². The smallest absolute Gasteiger partial charge is 0.255 e. The zero-order valence-electron chi connectivity index (χ0n) is 11.7. The number of furan rings is 1. The van der Waals surface area contributed by atoms with Crippen molar-refractivity contribution in [2.45, 2.75) is 39.2 Å². The normalized spacial score (nSPS) is 18.3. The monoisotopic (exact) mass is 283 g/mol. The topological polar surface area (TPSA) is 62.5 Å². The summed E-state index contributed by atoms with van der Waals surface area (Å²) < 4.78 is 5.46. The first-order chi connectivity index (χ1) is 8.93. The molecule has 2 rings (SSSR count). The number of rotatable bonds is 3. The van der Waals surface area contributed by atoms with E-state index in [2.05, 4.69) is 5.32 Å². The minimum atomic E-state index is -0.749. The van der Waals surface area contributed by atoms with Crippen molar-refractivity contribution < 1.29 is 14.3 Å². The summed E-state index contributed by atoms with van der Waals surface area (Å²) in [5, 5.41) is 13.2. The van der Waals surface area contributed by atoms with Gasteiger partial charge in [-0.15, -0.1) is 0 Å². The van der Waals surface area contributed by atoms with Crippen molar-refractivity contribution in [1.29, 1.82) is 0 Å². The number of amides is 1. The average Bonchev–Trinajstić information content (AvgIpc) is 2.62. The Balaban J connectivity index is 2.01. The number of aryl methyl sites for hydroxylation is 2. The molecule has 0 aromatic carbocycles. The first-order valence-corrected chi connectivity index (χ1v) is 7.73. The molecule has 19 heavy (non-hydrogen) atoms. The first kappa shape index (κ1) is 14.5. The molecule has 1 aromatic heterocycles. The summed E-state index contributed by atoms with van der Waals surface area (Å²) in [6, 6.07) is 0. The number of nitrogens with one attached hydrogen (secondary N) is 1. The predicted octanol–water partition coefficient (Wildman–Crippen LogP) is 2.19. The van der Waals surface area contributed by atoms with Gasteiger partial charge in [0.25, 0.3) is 5.91 Å². The van der Waals surface area contributed by atoms with Crippen molar-refractivity contribution in [1.82, 2.24) is 5.32 Å². The molecule has 1 amide bonds.